The number of carbonyl (C=O) groups excluding carboxylic acids is 1. The van der Waals surface area contributed by atoms with E-state index < -0.39 is 0 Å². The molecule has 0 saturated carbocycles. The second kappa shape index (κ2) is 12.2. The van der Waals surface area contributed by atoms with Crippen molar-refractivity contribution in [1.29, 1.82) is 0 Å². The molecular formula is C27H37FN2O4. The summed E-state index contributed by atoms with van der Waals surface area (Å²) >= 11 is 0. The van der Waals surface area contributed by atoms with E-state index in [1.807, 2.05) is 43.0 Å². The molecule has 1 aliphatic rings. The van der Waals surface area contributed by atoms with E-state index in [-0.39, 0.29) is 29.5 Å². The molecule has 1 amide bonds. The van der Waals surface area contributed by atoms with Crippen molar-refractivity contribution < 1.29 is 23.4 Å². The quantitative estimate of drug-likeness (QED) is 0.491. The van der Waals surface area contributed by atoms with Crippen LogP contribution in [0.5, 0.6) is 11.5 Å². The van der Waals surface area contributed by atoms with Gasteiger partial charge < -0.3 is 19.1 Å². The Morgan fingerprint density at radius 2 is 1.79 bits per heavy atom. The summed E-state index contributed by atoms with van der Waals surface area (Å²) in [4.78, 5) is 17.2. The summed E-state index contributed by atoms with van der Waals surface area (Å²) in [6.45, 7) is 7.78. The average Bonchev–Trinajstić information content (AvgIpc) is 3.22. The molecule has 1 heterocycles. The fraction of sp³-hybridized carbons (Fsp3) is 0.519. The first-order chi connectivity index (χ1) is 16.3. The zero-order chi connectivity index (χ0) is 24.7. The summed E-state index contributed by atoms with van der Waals surface area (Å²) in [5.74, 6) is 1.58. The predicted molar refractivity (Wildman–Crippen MR) is 131 cm³/mol. The molecule has 2 aromatic rings. The Morgan fingerprint density at radius 1 is 1.09 bits per heavy atom. The molecule has 6 nitrogen and oxygen atoms in total. The average molecular weight is 473 g/mol. The van der Waals surface area contributed by atoms with Crippen molar-refractivity contribution in [3.63, 3.8) is 0 Å². The van der Waals surface area contributed by atoms with Gasteiger partial charge in [-0.3, -0.25) is 9.69 Å². The van der Waals surface area contributed by atoms with Gasteiger partial charge in [-0.1, -0.05) is 26.0 Å². The molecule has 2 aromatic carbocycles. The van der Waals surface area contributed by atoms with E-state index in [4.69, 9.17) is 14.2 Å². The van der Waals surface area contributed by atoms with Crippen LogP contribution >= 0.6 is 0 Å². The Labute approximate surface area is 202 Å². The maximum absolute atomic E-state index is 14.1. The van der Waals surface area contributed by atoms with Crippen LogP contribution in [0.3, 0.4) is 0 Å². The van der Waals surface area contributed by atoms with E-state index in [0.717, 1.165) is 35.7 Å². The van der Waals surface area contributed by atoms with Gasteiger partial charge in [0, 0.05) is 57.7 Å². The molecule has 0 aliphatic carbocycles. The van der Waals surface area contributed by atoms with E-state index in [0.29, 0.717) is 26.2 Å². The Balaban J connectivity index is 1.84. The predicted octanol–water partition coefficient (Wildman–Crippen LogP) is 4.19. The fourth-order valence-electron chi connectivity index (χ4n) is 4.75. The maximum Gasteiger partial charge on any atom is 0.225 e. The van der Waals surface area contributed by atoms with E-state index in [9.17, 15) is 9.18 Å². The van der Waals surface area contributed by atoms with Crippen molar-refractivity contribution in [2.75, 3.05) is 54.1 Å². The highest BCUT2D eigenvalue weighted by Gasteiger charge is 2.36. The molecule has 0 bridgehead atoms. The number of hydrogen-bond acceptors (Lipinski definition) is 5. The third-order valence-electron chi connectivity index (χ3n) is 6.44. The van der Waals surface area contributed by atoms with Gasteiger partial charge in [0.05, 0.1) is 20.8 Å². The number of methoxy groups -OCH3 is 3. The van der Waals surface area contributed by atoms with Gasteiger partial charge >= 0.3 is 0 Å². The van der Waals surface area contributed by atoms with Gasteiger partial charge in [0.25, 0.3) is 0 Å². The lowest BCUT2D eigenvalue weighted by molar-refractivity contribution is -0.135. The molecule has 186 valence electrons. The molecule has 2 atom stereocenters. The molecule has 0 N–H and O–H groups in total. The minimum Gasteiger partial charge on any atom is -0.497 e. The van der Waals surface area contributed by atoms with E-state index in [1.54, 1.807) is 33.5 Å². The van der Waals surface area contributed by atoms with Crippen LogP contribution in [0.1, 0.15) is 30.9 Å². The van der Waals surface area contributed by atoms with Crippen LogP contribution in [0.2, 0.25) is 0 Å². The third-order valence-corrected chi connectivity index (χ3v) is 6.44. The van der Waals surface area contributed by atoms with Gasteiger partial charge in [-0.05, 0) is 41.3 Å². The number of halogens is 1. The van der Waals surface area contributed by atoms with Gasteiger partial charge in [0.2, 0.25) is 5.91 Å². The molecule has 1 aliphatic heterocycles. The van der Waals surface area contributed by atoms with Crippen LogP contribution in [0, 0.1) is 17.7 Å². The zero-order valence-corrected chi connectivity index (χ0v) is 20.9. The molecule has 1 saturated heterocycles. The van der Waals surface area contributed by atoms with Crippen molar-refractivity contribution in [1.82, 2.24) is 9.80 Å². The van der Waals surface area contributed by atoms with Crippen LogP contribution in [0.4, 0.5) is 4.39 Å². The summed E-state index contributed by atoms with van der Waals surface area (Å²) in [5, 5.41) is 0. The smallest absolute Gasteiger partial charge is 0.225 e. The lowest BCUT2D eigenvalue weighted by Gasteiger charge is -2.29. The van der Waals surface area contributed by atoms with Crippen LogP contribution in [0.15, 0.2) is 42.5 Å². The van der Waals surface area contributed by atoms with Gasteiger partial charge in [-0.2, -0.15) is 0 Å². The topological polar surface area (TPSA) is 51.2 Å². The lowest BCUT2D eigenvalue weighted by atomic mass is 9.88. The second-order valence-corrected chi connectivity index (χ2v) is 9.27. The SMILES string of the molecule is COCCN(CC1CN(Cc2cc(OC)cc(OC)c2)CC1c1cccc(F)c1)C(=O)C(C)C. The van der Waals surface area contributed by atoms with Gasteiger partial charge in [-0.25, -0.2) is 4.39 Å². The van der Waals surface area contributed by atoms with Gasteiger partial charge in [0.15, 0.2) is 0 Å². The molecule has 34 heavy (non-hydrogen) atoms. The van der Waals surface area contributed by atoms with E-state index >= 15 is 0 Å². The van der Waals surface area contributed by atoms with Crippen molar-refractivity contribution in [2.24, 2.45) is 11.8 Å². The highest BCUT2D eigenvalue weighted by Crippen LogP contribution is 2.35. The molecule has 3 rings (SSSR count). The third kappa shape index (κ3) is 6.70. The van der Waals surface area contributed by atoms with Crippen molar-refractivity contribution in [2.45, 2.75) is 26.3 Å². The number of nitrogens with zero attached hydrogens (tertiary/aromatic N) is 2. The lowest BCUT2D eigenvalue weighted by Crippen LogP contribution is -2.41. The van der Waals surface area contributed by atoms with Crippen LogP contribution in [-0.4, -0.2) is 69.8 Å². The summed E-state index contributed by atoms with van der Waals surface area (Å²) < 4.78 is 30.2. The number of rotatable bonds is 11. The first-order valence-corrected chi connectivity index (χ1v) is 11.8. The first-order valence-electron chi connectivity index (χ1n) is 11.8. The second-order valence-electron chi connectivity index (χ2n) is 9.27. The number of amides is 1. The van der Waals surface area contributed by atoms with Crippen molar-refractivity contribution >= 4 is 5.91 Å². The van der Waals surface area contributed by atoms with Gasteiger partial charge in [0.1, 0.15) is 17.3 Å². The Morgan fingerprint density at radius 3 is 2.38 bits per heavy atom. The summed E-state index contributed by atoms with van der Waals surface area (Å²) in [5.41, 5.74) is 2.06. The zero-order valence-electron chi connectivity index (χ0n) is 20.9. The van der Waals surface area contributed by atoms with Crippen molar-refractivity contribution in [3.8, 4) is 11.5 Å². The largest absolute Gasteiger partial charge is 0.497 e. The number of benzene rings is 2. The molecule has 0 radical (unpaired) electrons. The normalized spacial score (nSPS) is 18.3. The summed E-state index contributed by atoms with van der Waals surface area (Å²) in [7, 11) is 4.93. The Bertz CT molecular complexity index is 930. The Kier molecular flexibility index (Phi) is 9.30. The fourth-order valence-corrected chi connectivity index (χ4v) is 4.75. The molecule has 0 spiro atoms. The number of carbonyl (C=O) groups is 1. The minimum atomic E-state index is -0.235. The summed E-state index contributed by atoms with van der Waals surface area (Å²) in [6.07, 6.45) is 0. The highest BCUT2D eigenvalue weighted by molar-refractivity contribution is 5.78. The number of likely N-dealkylation sites (tertiary alicyclic amines) is 1. The summed E-state index contributed by atoms with van der Waals surface area (Å²) in [6, 6.07) is 12.7. The van der Waals surface area contributed by atoms with Crippen molar-refractivity contribution in [3.05, 3.63) is 59.4 Å². The molecular weight excluding hydrogens is 435 g/mol. The molecule has 2 unspecified atom stereocenters. The van der Waals surface area contributed by atoms with Crippen LogP contribution in [-0.2, 0) is 16.1 Å². The van der Waals surface area contributed by atoms with E-state index in [1.165, 1.54) is 6.07 Å². The maximum atomic E-state index is 14.1. The number of hydrogen-bond donors (Lipinski definition) is 0. The van der Waals surface area contributed by atoms with Gasteiger partial charge in [-0.15, -0.1) is 0 Å². The molecule has 7 heteroatoms. The standard InChI is InChI=1S/C27H37FN2O4/c1-19(2)27(31)30(9-10-32-3)17-22-16-29(18-26(22)21-7-6-8-23(28)13-21)15-20-11-24(33-4)14-25(12-20)34-5/h6-8,11-14,19,22,26H,9-10,15-18H2,1-5H3. The number of ether oxygens (including phenoxy) is 3. The molecule has 0 aromatic heterocycles. The molecule has 1 fully saturated rings. The van der Waals surface area contributed by atoms with Crippen LogP contribution < -0.4 is 9.47 Å². The highest BCUT2D eigenvalue weighted by atomic mass is 19.1. The van der Waals surface area contributed by atoms with E-state index in [2.05, 4.69) is 4.90 Å². The monoisotopic (exact) mass is 472 g/mol. The first kappa shape index (κ1) is 26.0. The van der Waals surface area contributed by atoms with Crippen LogP contribution in [0.25, 0.3) is 0 Å². The Hall–Kier alpha value is -2.64. The minimum absolute atomic E-state index is 0.0915.